The van der Waals surface area contributed by atoms with Crippen molar-refractivity contribution < 1.29 is 14.7 Å². The first kappa shape index (κ1) is 14.7. The molecule has 0 spiro atoms. The molecule has 0 bridgehead atoms. The number of hydrogen-bond donors (Lipinski definition) is 2. The Morgan fingerprint density at radius 2 is 2.05 bits per heavy atom. The Kier molecular flexibility index (Phi) is 4.54. The fraction of sp³-hybridized carbons (Fsp3) is 0.500. The number of nitrogens with zero attached hydrogens (tertiary/aromatic N) is 1. The van der Waals surface area contributed by atoms with Crippen molar-refractivity contribution in [1.82, 2.24) is 4.98 Å². The summed E-state index contributed by atoms with van der Waals surface area (Å²) < 4.78 is 0. The molecule has 1 aromatic heterocycles. The number of hydrogen-bond acceptors (Lipinski definition) is 4. The lowest BCUT2D eigenvalue weighted by Gasteiger charge is -2.23. The number of carbonyl (C=O) groups is 2. The van der Waals surface area contributed by atoms with E-state index in [0.29, 0.717) is 18.0 Å². The number of carbonyl (C=O) groups excluding carboxylic acids is 1. The molecule has 0 fully saturated rings. The predicted molar refractivity (Wildman–Crippen MR) is 77.8 cm³/mol. The van der Waals surface area contributed by atoms with Gasteiger partial charge in [0.15, 0.2) is 5.13 Å². The average molecular weight is 294 g/mol. The van der Waals surface area contributed by atoms with Gasteiger partial charge in [0.1, 0.15) is 0 Å². The summed E-state index contributed by atoms with van der Waals surface area (Å²) in [4.78, 5) is 28.9. The van der Waals surface area contributed by atoms with Gasteiger partial charge in [-0.05, 0) is 26.2 Å². The molecule has 0 radical (unpaired) electrons. The highest BCUT2D eigenvalue weighted by Crippen LogP contribution is 2.29. The third kappa shape index (κ3) is 3.07. The number of amides is 1. The summed E-state index contributed by atoms with van der Waals surface area (Å²) in [5, 5.41) is 12.5. The molecule has 20 heavy (non-hydrogen) atoms. The highest BCUT2D eigenvalue weighted by Gasteiger charge is 2.34. The molecule has 0 aliphatic heterocycles. The summed E-state index contributed by atoms with van der Waals surface area (Å²) in [5.74, 6) is -2.34. The van der Waals surface area contributed by atoms with Crippen LogP contribution in [-0.2, 0) is 16.0 Å². The van der Waals surface area contributed by atoms with E-state index in [4.69, 9.17) is 0 Å². The number of nitrogens with one attached hydrogen (secondary N) is 1. The van der Waals surface area contributed by atoms with E-state index in [1.165, 1.54) is 11.3 Å². The molecule has 2 N–H and O–H groups in total. The van der Waals surface area contributed by atoms with Crippen LogP contribution in [0.1, 0.15) is 30.3 Å². The maximum atomic E-state index is 12.2. The predicted octanol–water partition coefficient (Wildman–Crippen LogP) is 2.62. The van der Waals surface area contributed by atoms with Gasteiger partial charge in [-0.1, -0.05) is 19.1 Å². The second-order valence-corrected chi connectivity index (χ2v) is 6.06. The van der Waals surface area contributed by atoms with E-state index < -0.39 is 17.8 Å². The highest BCUT2D eigenvalue weighted by molar-refractivity contribution is 7.15. The number of anilines is 1. The van der Waals surface area contributed by atoms with Crippen molar-refractivity contribution in [3.05, 3.63) is 22.7 Å². The van der Waals surface area contributed by atoms with Crippen LogP contribution in [0.2, 0.25) is 0 Å². The van der Waals surface area contributed by atoms with Gasteiger partial charge in [-0.25, -0.2) is 4.98 Å². The molecule has 1 aromatic rings. The maximum Gasteiger partial charge on any atom is 0.307 e. The first-order valence-electron chi connectivity index (χ1n) is 6.67. The summed E-state index contributed by atoms with van der Waals surface area (Å²) in [6.45, 7) is 3.98. The Hall–Kier alpha value is -1.69. The van der Waals surface area contributed by atoms with Crippen LogP contribution in [0, 0.1) is 18.8 Å². The molecule has 5 nitrogen and oxygen atoms in total. The third-order valence-corrected chi connectivity index (χ3v) is 4.47. The normalized spacial score (nSPS) is 21.7. The number of rotatable bonds is 4. The molecular weight excluding hydrogens is 276 g/mol. The smallest absolute Gasteiger partial charge is 0.307 e. The van der Waals surface area contributed by atoms with E-state index in [-0.39, 0.29) is 5.91 Å². The van der Waals surface area contributed by atoms with Crippen molar-refractivity contribution in [2.24, 2.45) is 11.8 Å². The van der Waals surface area contributed by atoms with Gasteiger partial charge >= 0.3 is 5.97 Å². The quantitative estimate of drug-likeness (QED) is 0.837. The topological polar surface area (TPSA) is 79.3 Å². The average Bonchev–Trinajstić information content (AvgIpc) is 2.78. The van der Waals surface area contributed by atoms with Gasteiger partial charge in [-0.15, -0.1) is 11.3 Å². The highest BCUT2D eigenvalue weighted by atomic mass is 32.1. The van der Waals surface area contributed by atoms with Gasteiger partial charge in [0.25, 0.3) is 0 Å². The van der Waals surface area contributed by atoms with Crippen LogP contribution in [-0.4, -0.2) is 22.0 Å². The second kappa shape index (κ2) is 6.17. The standard InChI is InChI=1S/C14H18N2O3S/c1-3-11-8(2)20-14(15-11)16-12(17)9-6-4-5-7-10(9)13(18)19/h4-5,9-10H,3,6-7H2,1-2H3,(H,18,19)(H,15,16,17)/t9-,10+/m1/s1. The Morgan fingerprint density at radius 1 is 1.40 bits per heavy atom. The Bertz CT molecular complexity index is 551. The third-order valence-electron chi connectivity index (χ3n) is 3.54. The number of carboxylic acid groups (broad SMARTS) is 1. The number of carboxylic acids is 1. The first-order chi connectivity index (χ1) is 9.52. The number of allylic oxidation sites excluding steroid dienone is 2. The molecule has 1 aliphatic carbocycles. The van der Waals surface area contributed by atoms with Crippen LogP contribution >= 0.6 is 11.3 Å². The zero-order valence-electron chi connectivity index (χ0n) is 11.5. The molecule has 2 atom stereocenters. The van der Waals surface area contributed by atoms with Crippen LogP contribution < -0.4 is 5.32 Å². The van der Waals surface area contributed by atoms with E-state index in [0.717, 1.165) is 17.0 Å². The molecule has 1 amide bonds. The summed E-state index contributed by atoms with van der Waals surface area (Å²) in [6.07, 6.45) is 5.39. The van der Waals surface area contributed by atoms with Crippen LogP contribution in [0.15, 0.2) is 12.2 Å². The summed E-state index contributed by atoms with van der Waals surface area (Å²) in [6, 6.07) is 0. The molecular formula is C14H18N2O3S. The lowest BCUT2D eigenvalue weighted by Crippen LogP contribution is -2.34. The molecule has 108 valence electrons. The molecule has 1 heterocycles. The summed E-state index contributed by atoms with van der Waals surface area (Å²) in [5.41, 5.74) is 0.976. The number of thiazole rings is 1. The molecule has 1 aliphatic rings. The number of aryl methyl sites for hydroxylation is 2. The van der Waals surface area contributed by atoms with Crippen LogP contribution in [0.25, 0.3) is 0 Å². The second-order valence-electron chi connectivity index (χ2n) is 4.86. The first-order valence-corrected chi connectivity index (χ1v) is 7.49. The Balaban J connectivity index is 2.10. The van der Waals surface area contributed by atoms with E-state index in [2.05, 4.69) is 10.3 Å². The van der Waals surface area contributed by atoms with Crippen molar-refractivity contribution in [3.63, 3.8) is 0 Å². The molecule has 6 heteroatoms. The fourth-order valence-electron chi connectivity index (χ4n) is 2.38. The van der Waals surface area contributed by atoms with Crippen molar-refractivity contribution in [2.45, 2.75) is 33.1 Å². The fourth-order valence-corrected chi connectivity index (χ4v) is 3.29. The van der Waals surface area contributed by atoms with Gasteiger partial charge in [-0.3, -0.25) is 9.59 Å². The summed E-state index contributed by atoms with van der Waals surface area (Å²) >= 11 is 1.43. The minimum absolute atomic E-state index is 0.252. The molecule has 0 aromatic carbocycles. The number of aliphatic carboxylic acids is 1. The van der Waals surface area contributed by atoms with Crippen molar-refractivity contribution in [3.8, 4) is 0 Å². The monoisotopic (exact) mass is 294 g/mol. The Morgan fingerprint density at radius 3 is 2.60 bits per heavy atom. The zero-order chi connectivity index (χ0) is 14.7. The van der Waals surface area contributed by atoms with E-state index in [9.17, 15) is 14.7 Å². The van der Waals surface area contributed by atoms with Crippen LogP contribution in [0.5, 0.6) is 0 Å². The van der Waals surface area contributed by atoms with E-state index in [1.807, 2.05) is 26.0 Å². The molecule has 0 unspecified atom stereocenters. The van der Waals surface area contributed by atoms with Crippen molar-refractivity contribution >= 4 is 28.3 Å². The van der Waals surface area contributed by atoms with Crippen LogP contribution in [0.4, 0.5) is 5.13 Å². The number of aromatic nitrogens is 1. The maximum absolute atomic E-state index is 12.2. The van der Waals surface area contributed by atoms with Crippen LogP contribution in [0.3, 0.4) is 0 Å². The lowest BCUT2D eigenvalue weighted by atomic mass is 9.82. The molecule has 0 saturated carbocycles. The minimum atomic E-state index is -0.918. The van der Waals surface area contributed by atoms with E-state index in [1.54, 1.807) is 0 Å². The molecule has 0 saturated heterocycles. The van der Waals surface area contributed by atoms with Gasteiger partial charge in [0.2, 0.25) is 5.91 Å². The van der Waals surface area contributed by atoms with Gasteiger partial charge in [0, 0.05) is 4.88 Å². The summed E-state index contributed by atoms with van der Waals surface area (Å²) in [7, 11) is 0. The van der Waals surface area contributed by atoms with Gasteiger partial charge in [-0.2, -0.15) is 0 Å². The molecule has 2 rings (SSSR count). The van der Waals surface area contributed by atoms with Crippen molar-refractivity contribution in [1.29, 1.82) is 0 Å². The zero-order valence-corrected chi connectivity index (χ0v) is 12.4. The largest absolute Gasteiger partial charge is 0.481 e. The lowest BCUT2D eigenvalue weighted by molar-refractivity contribution is -0.146. The van der Waals surface area contributed by atoms with Crippen molar-refractivity contribution in [2.75, 3.05) is 5.32 Å². The van der Waals surface area contributed by atoms with E-state index >= 15 is 0 Å². The Labute approximate surface area is 121 Å². The minimum Gasteiger partial charge on any atom is -0.481 e. The SMILES string of the molecule is CCc1nc(NC(=O)[C@@H]2CC=CC[C@@H]2C(=O)O)sc1C. The van der Waals surface area contributed by atoms with Gasteiger partial charge < -0.3 is 10.4 Å². The van der Waals surface area contributed by atoms with Gasteiger partial charge in [0.05, 0.1) is 17.5 Å².